The van der Waals surface area contributed by atoms with Crippen LogP contribution in [0.25, 0.3) is 0 Å². The van der Waals surface area contributed by atoms with Crippen molar-refractivity contribution in [2.75, 3.05) is 18.4 Å². The predicted octanol–water partition coefficient (Wildman–Crippen LogP) is 4.69. The van der Waals surface area contributed by atoms with Gasteiger partial charge in [-0.1, -0.05) is 38.1 Å². The topological polar surface area (TPSA) is 32.3 Å². The number of aryl methyl sites for hydroxylation is 1. The third-order valence-electron chi connectivity index (χ3n) is 3.92. The van der Waals surface area contributed by atoms with Gasteiger partial charge in [-0.05, 0) is 71.9 Å². The molecular weight excluding hydrogens is 399 g/mol. The SMILES string of the molecule is CCN(CC)Cc1cccc(NC(=O)c2cccc(C)c2I)c1. The number of halogens is 1. The largest absolute Gasteiger partial charge is 0.322 e. The molecule has 122 valence electrons. The zero-order chi connectivity index (χ0) is 16.8. The molecule has 0 heterocycles. The molecule has 2 aromatic carbocycles. The maximum Gasteiger partial charge on any atom is 0.256 e. The van der Waals surface area contributed by atoms with Crippen molar-refractivity contribution in [3.8, 4) is 0 Å². The molecule has 0 aliphatic rings. The van der Waals surface area contributed by atoms with Crippen LogP contribution in [0.2, 0.25) is 0 Å². The molecule has 0 saturated carbocycles. The second kappa shape index (κ2) is 8.45. The lowest BCUT2D eigenvalue weighted by Crippen LogP contribution is -2.22. The maximum absolute atomic E-state index is 12.5. The molecule has 0 aliphatic heterocycles. The molecule has 0 aliphatic carbocycles. The molecule has 0 fully saturated rings. The normalized spacial score (nSPS) is 10.8. The van der Waals surface area contributed by atoms with Gasteiger partial charge in [0, 0.05) is 15.8 Å². The van der Waals surface area contributed by atoms with Crippen LogP contribution in [0.5, 0.6) is 0 Å². The van der Waals surface area contributed by atoms with E-state index in [1.54, 1.807) is 0 Å². The molecule has 0 spiro atoms. The molecule has 0 saturated heterocycles. The van der Waals surface area contributed by atoms with Crippen molar-refractivity contribution >= 4 is 34.2 Å². The Labute approximate surface area is 152 Å². The Kier molecular flexibility index (Phi) is 6.59. The van der Waals surface area contributed by atoms with Crippen LogP contribution in [-0.4, -0.2) is 23.9 Å². The minimum atomic E-state index is -0.0573. The average Bonchev–Trinajstić information content (AvgIpc) is 2.55. The zero-order valence-corrected chi connectivity index (χ0v) is 16.1. The van der Waals surface area contributed by atoms with E-state index in [1.165, 1.54) is 5.56 Å². The summed E-state index contributed by atoms with van der Waals surface area (Å²) in [6, 6.07) is 13.9. The molecule has 0 atom stereocenters. The van der Waals surface area contributed by atoms with Gasteiger partial charge in [0.25, 0.3) is 5.91 Å². The zero-order valence-electron chi connectivity index (χ0n) is 13.9. The lowest BCUT2D eigenvalue weighted by molar-refractivity contribution is 0.102. The van der Waals surface area contributed by atoms with Gasteiger partial charge >= 0.3 is 0 Å². The number of benzene rings is 2. The van der Waals surface area contributed by atoms with Crippen LogP contribution in [0.4, 0.5) is 5.69 Å². The van der Waals surface area contributed by atoms with Gasteiger partial charge in [-0.3, -0.25) is 9.69 Å². The van der Waals surface area contributed by atoms with Crippen LogP contribution in [-0.2, 0) is 6.54 Å². The molecular formula is C19H23IN2O. The summed E-state index contributed by atoms with van der Waals surface area (Å²) in [5.41, 5.74) is 3.90. The minimum Gasteiger partial charge on any atom is -0.322 e. The van der Waals surface area contributed by atoms with Crippen LogP contribution >= 0.6 is 22.6 Å². The van der Waals surface area contributed by atoms with E-state index in [9.17, 15) is 4.79 Å². The summed E-state index contributed by atoms with van der Waals surface area (Å²) in [6.07, 6.45) is 0. The lowest BCUT2D eigenvalue weighted by atomic mass is 10.1. The molecule has 3 nitrogen and oxygen atoms in total. The lowest BCUT2D eigenvalue weighted by Gasteiger charge is -2.18. The molecule has 0 radical (unpaired) electrons. The number of hydrogen-bond donors (Lipinski definition) is 1. The van der Waals surface area contributed by atoms with Crippen molar-refractivity contribution in [3.05, 3.63) is 62.7 Å². The molecule has 0 aromatic heterocycles. The molecule has 1 amide bonds. The molecule has 0 unspecified atom stereocenters. The van der Waals surface area contributed by atoms with Gasteiger partial charge in [-0.2, -0.15) is 0 Å². The molecule has 23 heavy (non-hydrogen) atoms. The van der Waals surface area contributed by atoms with Gasteiger partial charge in [-0.25, -0.2) is 0 Å². The number of anilines is 1. The smallest absolute Gasteiger partial charge is 0.256 e. The number of carbonyl (C=O) groups excluding carboxylic acids is 1. The van der Waals surface area contributed by atoms with E-state index in [4.69, 9.17) is 0 Å². The highest BCUT2D eigenvalue weighted by molar-refractivity contribution is 14.1. The van der Waals surface area contributed by atoms with Crippen LogP contribution in [0.15, 0.2) is 42.5 Å². The van der Waals surface area contributed by atoms with Crippen LogP contribution in [0.3, 0.4) is 0 Å². The van der Waals surface area contributed by atoms with Crippen LogP contribution in [0.1, 0.15) is 35.3 Å². The number of carbonyl (C=O) groups is 1. The van der Waals surface area contributed by atoms with E-state index in [-0.39, 0.29) is 5.91 Å². The Morgan fingerprint density at radius 2 is 1.83 bits per heavy atom. The highest BCUT2D eigenvalue weighted by Gasteiger charge is 2.12. The summed E-state index contributed by atoms with van der Waals surface area (Å²) in [4.78, 5) is 14.9. The molecule has 2 aromatic rings. The third-order valence-corrected chi connectivity index (χ3v) is 5.35. The first kappa shape index (κ1) is 17.9. The van der Waals surface area contributed by atoms with E-state index in [2.05, 4.69) is 58.8 Å². The Hall–Kier alpha value is -1.40. The number of nitrogens with one attached hydrogen (secondary N) is 1. The predicted molar refractivity (Wildman–Crippen MR) is 105 cm³/mol. The number of hydrogen-bond acceptors (Lipinski definition) is 2. The Morgan fingerprint density at radius 1 is 1.13 bits per heavy atom. The number of amides is 1. The highest BCUT2D eigenvalue weighted by atomic mass is 127. The van der Waals surface area contributed by atoms with Crippen molar-refractivity contribution in [2.24, 2.45) is 0 Å². The molecule has 4 heteroatoms. The molecule has 1 N–H and O–H groups in total. The van der Waals surface area contributed by atoms with E-state index < -0.39 is 0 Å². The summed E-state index contributed by atoms with van der Waals surface area (Å²) >= 11 is 2.23. The van der Waals surface area contributed by atoms with E-state index >= 15 is 0 Å². The first-order valence-corrected chi connectivity index (χ1v) is 9.00. The summed E-state index contributed by atoms with van der Waals surface area (Å²) in [5, 5.41) is 3.01. The van der Waals surface area contributed by atoms with Crippen molar-refractivity contribution in [1.82, 2.24) is 4.90 Å². The third kappa shape index (κ3) is 4.78. The van der Waals surface area contributed by atoms with Gasteiger partial charge < -0.3 is 5.32 Å². The molecule has 2 rings (SSSR count). The van der Waals surface area contributed by atoms with Crippen molar-refractivity contribution in [3.63, 3.8) is 0 Å². The maximum atomic E-state index is 12.5. The summed E-state index contributed by atoms with van der Waals surface area (Å²) in [5.74, 6) is -0.0573. The number of rotatable bonds is 6. The van der Waals surface area contributed by atoms with Gasteiger partial charge in [0.1, 0.15) is 0 Å². The summed E-state index contributed by atoms with van der Waals surface area (Å²) < 4.78 is 1.00. The second-order valence-electron chi connectivity index (χ2n) is 5.55. The highest BCUT2D eigenvalue weighted by Crippen LogP contribution is 2.19. The first-order valence-electron chi connectivity index (χ1n) is 7.92. The van der Waals surface area contributed by atoms with E-state index in [0.29, 0.717) is 0 Å². The Balaban J connectivity index is 2.14. The second-order valence-corrected chi connectivity index (χ2v) is 6.63. The monoisotopic (exact) mass is 422 g/mol. The fourth-order valence-corrected chi connectivity index (χ4v) is 3.08. The fourth-order valence-electron chi connectivity index (χ4n) is 2.47. The number of nitrogens with zero attached hydrogens (tertiary/aromatic N) is 1. The quantitative estimate of drug-likeness (QED) is 0.685. The van der Waals surface area contributed by atoms with Gasteiger partial charge in [0.2, 0.25) is 0 Å². The van der Waals surface area contributed by atoms with Crippen LogP contribution in [0, 0.1) is 10.5 Å². The summed E-state index contributed by atoms with van der Waals surface area (Å²) in [6.45, 7) is 9.29. The minimum absolute atomic E-state index is 0.0573. The van der Waals surface area contributed by atoms with E-state index in [1.807, 2.05) is 37.3 Å². The van der Waals surface area contributed by atoms with Crippen molar-refractivity contribution in [1.29, 1.82) is 0 Å². The molecule has 0 bridgehead atoms. The van der Waals surface area contributed by atoms with Gasteiger partial charge in [-0.15, -0.1) is 0 Å². The van der Waals surface area contributed by atoms with Gasteiger partial charge in [0.05, 0.1) is 5.56 Å². The first-order chi connectivity index (χ1) is 11.0. The van der Waals surface area contributed by atoms with Crippen molar-refractivity contribution < 1.29 is 4.79 Å². The fraction of sp³-hybridized carbons (Fsp3) is 0.316. The summed E-state index contributed by atoms with van der Waals surface area (Å²) in [7, 11) is 0. The Bertz CT molecular complexity index is 681. The van der Waals surface area contributed by atoms with Crippen LogP contribution < -0.4 is 5.32 Å². The average molecular weight is 422 g/mol. The van der Waals surface area contributed by atoms with E-state index in [0.717, 1.165) is 40.0 Å². The standard InChI is InChI=1S/C19H23IN2O/c1-4-22(5-2)13-15-9-7-10-16(12-15)21-19(23)17-11-6-8-14(3)18(17)20/h6-12H,4-5,13H2,1-3H3,(H,21,23). The van der Waals surface area contributed by atoms with Gasteiger partial charge in [0.15, 0.2) is 0 Å². The van der Waals surface area contributed by atoms with Crippen molar-refractivity contribution in [2.45, 2.75) is 27.3 Å². The Morgan fingerprint density at radius 3 is 2.52 bits per heavy atom.